The molecule has 0 saturated heterocycles. The molecule has 108 valence electrons. The summed E-state index contributed by atoms with van der Waals surface area (Å²) in [6.07, 6.45) is 0.425. The molecule has 0 aromatic carbocycles. The molecule has 0 radical (unpaired) electrons. The molecule has 0 amide bonds. The largest absolute Gasteiger partial charge is 0.379 e. The van der Waals surface area contributed by atoms with E-state index in [0.29, 0.717) is 12.8 Å². The predicted molar refractivity (Wildman–Crippen MR) is 65.8 cm³/mol. The Labute approximate surface area is 107 Å². The summed E-state index contributed by atoms with van der Waals surface area (Å²) in [5.41, 5.74) is 0. The first-order chi connectivity index (χ1) is 8.12. The monoisotopic (exact) mass is 302 g/mol. The molecule has 0 aromatic heterocycles. The van der Waals surface area contributed by atoms with Crippen LogP contribution in [0.3, 0.4) is 0 Å². The average Bonchev–Trinajstić information content (AvgIpc) is 2.54. The van der Waals surface area contributed by atoms with Crippen LogP contribution in [-0.4, -0.2) is 49.0 Å². The van der Waals surface area contributed by atoms with Crippen LogP contribution in [0.1, 0.15) is 12.8 Å². The van der Waals surface area contributed by atoms with Crippen molar-refractivity contribution < 1.29 is 32.7 Å². The van der Waals surface area contributed by atoms with Crippen LogP contribution in [0.25, 0.3) is 0 Å². The third-order valence-corrected chi connectivity index (χ3v) is 4.06. The second-order valence-corrected chi connectivity index (χ2v) is 8.26. The molecule has 7 nitrogen and oxygen atoms in total. The maximum absolute atomic E-state index is 11.3. The molecule has 0 aromatic rings. The van der Waals surface area contributed by atoms with Crippen LogP contribution in [-0.2, 0) is 22.9 Å². The zero-order valence-corrected chi connectivity index (χ0v) is 12.5. The Morgan fingerprint density at radius 1 is 1.17 bits per heavy atom. The van der Waals surface area contributed by atoms with Crippen molar-refractivity contribution in [1.82, 2.24) is 0 Å². The summed E-state index contributed by atoms with van der Waals surface area (Å²) in [7, 11) is -5.69. The number of hydrogen-bond acceptors (Lipinski definition) is 5. The van der Waals surface area contributed by atoms with Gasteiger partial charge in [0.25, 0.3) is 0 Å². The third kappa shape index (κ3) is 5.49. The number of rotatable bonds is 6. The molecule has 5 atom stereocenters. The molecule has 9 heteroatoms. The summed E-state index contributed by atoms with van der Waals surface area (Å²) in [6, 6.07) is 0. The van der Waals surface area contributed by atoms with Gasteiger partial charge in [0.1, 0.15) is 0 Å². The van der Waals surface area contributed by atoms with Crippen molar-refractivity contribution in [3.8, 4) is 0 Å². The minimum atomic E-state index is -3.63. The van der Waals surface area contributed by atoms with Crippen LogP contribution in [0.5, 0.6) is 0 Å². The van der Waals surface area contributed by atoms with Gasteiger partial charge < -0.3 is 23.6 Å². The van der Waals surface area contributed by atoms with E-state index < -0.39 is 21.3 Å². The van der Waals surface area contributed by atoms with Gasteiger partial charge in [-0.3, -0.25) is 9.13 Å². The molecule has 1 saturated carbocycles. The normalized spacial score (nSPS) is 35.1. The van der Waals surface area contributed by atoms with Crippen molar-refractivity contribution in [2.24, 2.45) is 5.92 Å². The molecule has 5 unspecified atom stereocenters. The summed E-state index contributed by atoms with van der Waals surface area (Å²) in [6.45, 7) is 2.21. The lowest BCUT2D eigenvalue weighted by Crippen LogP contribution is -2.31. The quantitative estimate of drug-likeness (QED) is 0.716. The van der Waals surface area contributed by atoms with Crippen LogP contribution in [0, 0.1) is 5.92 Å². The second kappa shape index (κ2) is 6.14. The molecule has 1 aliphatic rings. The zero-order valence-electron chi connectivity index (χ0n) is 10.7. The van der Waals surface area contributed by atoms with Crippen molar-refractivity contribution in [3.63, 3.8) is 0 Å². The highest BCUT2D eigenvalue weighted by Gasteiger charge is 2.40. The summed E-state index contributed by atoms with van der Waals surface area (Å²) in [5, 5.41) is 0. The fraction of sp³-hybridized carbons (Fsp3) is 1.00. The zero-order chi connectivity index (χ0) is 14.0. The Kier molecular flexibility index (Phi) is 5.57. The molecular weight excluding hydrogens is 282 g/mol. The van der Waals surface area contributed by atoms with Gasteiger partial charge in [-0.05, 0) is 12.8 Å². The van der Waals surface area contributed by atoms with Gasteiger partial charge in [0, 0.05) is 26.4 Å². The molecule has 1 aliphatic carbocycles. The second-order valence-electron chi connectivity index (χ2n) is 4.58. The minimum Gasteiger partial charge on any atom is -0.379 e. The standard InChI is InChI=1S/C9H20O7P2/c1-14-8-5-4-7(6-15-17(2,10)11)9(8)16-18(3,12)13/h7-9H,4-6H2,1-3H3,(H,10,11)(H,12,13). The smallest absolute Gasteiger partial charge is 0.325 e. The maximum atomic E-state index is 11.3. The summed E-state index contributed by atoms with van der Waals surface area (Å²) in [5.74, 6) is -0.226. The van der Waals surface area contributed by atoms with E-state index >= 15 is 0 Å². The number of hydrogen-bond donors (Lipinski definition) is 2. The van der Waals surface area contributed by atoms with Gasteiger partial charge in [-0.2, -0.15) is 0 Å². The highest BCUT2D eigenvalue weighted by Crippen LogP contribution is 2.46. The Bertz CT molecular complexity index is 360. The number of ether oxygens (including phenoxy) is 1. The SMILES string of the molecule is COC1CCC(COP(C)(=O)O)C1OP(C)(=O)O. The van der Waals surface area contributed by atoms with E-state index in [0.717, 1.165) is 13.3 Å². The molecule has 2 N–H and O–H groups in total. The summed E-state index contributed by atoms with van der Waals surface area (Å²) in [4.78, 5) is 18.3. The van der Waals surface area contributed by atoms with Crippen LogP contribution in [0.2, 0.25) is 0 Å². The molecule has 0 bridgehead atoms. The molecule has 18 heavy (non-hydrogen) atoms. The van der Waals surface area contributed by atoms with Crippen LogP contribution >= 0.6 is 15.2 Å². The fourth-order valence-electron chi connectivity index (χ4n) is 2.05. The Hall–Kier alpha value is 0.260. The molecule has 1 fully saturated rings. The Morgan fingerprint density at radius 2 is 1.78 bits per heavy atom. The highest BCUT2D eigenvalue weighted by atomic mass is 31.2. The Morgan fingerprint density at radius 3 is 2.22 bits per heavy atom. The summed E-state index contributed by atoms with van der Waals surface area (Å²) < 4.78 is 37.5. The highest BCUT2D eigenvalue weighted by molar-refractivity contribution is 7.52. The van der Waals surface area contributed by atoms with Gasteiger partial charge in [-0.1, -0.05) is 0 Å². The maximum Gasteiger partial charge on any atom is 0.325 e. The number of methoxy groups -OCH3 is 1. The van der Waals surface area contributed by atoms with E-state index in [1.54, 1.807) is 0 Å². The van der Waals surface area contributed by atoms with Crippen LogP contribution in [0.15, 0.2) is 0 Å². The van der Waals surface area contributed by atoms with Crippen LogP contribution < -0.4 is 0 Å². The molecular formula is C9H20O7P2. The third-order valence-electron chi connectivity index (χ3n) is 2.80. The fourth-order valence-corrected chi connectivity index (χ4v) is 3.28. The van der Waals surface area contributed by atoms with E-state index in [1.807, 2.05) is 0 Å². The molecule has 1 rings (SSSR count). The predicted octanol–water partition coefficient (Wildman–Crippen LogP) is 1.44. The van der Waals surface area contributed by atoms with Crippen molar-refractivity contribution in [2.75, 3.05) is 27.0 Å². The van der Waals surface area contributed by atoms with E-state index in [4.69, 9.17) is 18.7 Å². The van der Waals surface area contributed by atoms with Crippen molar-refractivity contribution >= 4 is 15.2 Å². The van der Waals surface area contributed by atoms with E-state index in [2.05, 4.69) is 0 Å². The first kappa shape index (κ1) is 16.3. The van der Waals surface area contributed by atoms with E-state index in [1.165, 1.54) is 7.11 Å². The van der Waals surface area contributed by atoms with Crippen LogP contribution in [0.4, 0.5) is 0 Å². The minimum absolute atomic E-state index is 0.00873. The molecule has 0 spiro atoms. The average molecular weight is 302 g/mol. The molecule has 0 aliphatic heterocycles. The lowest BCUT2D eigenvalue weighted by atomic mass is 10.1. The summed E-state index contributed by atoms with van der Waals surface area (Å²) >= 11 is 0. The van der Waals surface area contributed by atoms with Crippen molar-refractivity contribution in [2.45, 2.75) is 25.0 Å². The first-order valence-corrected chi connectivity index (χ1v) is 9.63. The van der Waals surface area contributed by atoms with Gasteiger partial charge in [0.05, 0.1) is 18.8 Å². The van der Waals surface area contributed by atoms with Gasteiger partial charge in [0.2, 0.25) is 0 Å². The molecule has 0 heterocycles. The van der Waals surface area contributed by atoms with Crippen molar-refractivity contribution in [1.29, 1.82) is 0 Å². The lowest BCUT2D eigenvalue weighted by molar-refractivity contribution is -0.00552. The van der Waals surface area contributed by atoms with Gasteiger partial charge in [-0.15, -0.1) is 0 Å². The van der Waals surface area contributed by atoms with E-state index in [9.17, 15) is 14.0 Å². The van der Waals surface area contributed by atoms with E-state index in [-0.39, 0.29) is 18.6 Å². The van der Waals surface area contributed by atoms with Gasteiger partial charge in [0.15, 0.2) is 0 Å². The van der Waals surface area contributed by atoms with Gasteiger partial charge in [-0.25, -0.2) is 0 Å². The van der Waals surface area contributed by atoms with Crippen molar-refractivity contribution in [3.05, 3.63) is 0 Å². The lowest BCUT2D eigenvalue weighted by Gasteiger charge is -2.25. The first-order valence-electron chi connectivity index (χ1n) is 5.58. The topological polar surface area (TPSA) is 102 Å². The Balaban J connectivity index is 2.66. The van der Waals surface area contributed by atoms with Gasteiger partial charge >= 0.3 is 15.2 Å².